The van der Waals surface area contributed by atoms with Crippen LogP contribution in [0.15, 0.2) is 30.3 Å². The van der Waals surface area contributed by atoms with Gasteiger partial charge in [-0.1, -0.05) is 30.3 Å². The SMILES string of the molecule is CNS(=O)(=O)NC(C(=O)N1CCCCC1)c1ccccc1. The average Bonchev–Trinajstić information content (AvgIpc) is 2.54. The molecule has 0 radical (unpaired) electrons. The van der Waals surface area contributed by atoms with Crippen molar-refractivity contribution in [1.29, 1.82) is 0 Å². The van der Waals surface area contributed by atoms with Crippen molar-refractivity contribution in [3.8, 4) is 0 Å². The molecule has 21 heavy (non-hydrogen) atoms. The minimum atomic E-state index is -3.70. The molecule has 1 atom stereocenters. The lowest BCUT2D eigenvalue weighted by Crippen LogP contribution is -2.47. The molecular weight excluding hydrogens is 290 g/mol. The molecule has 2 rings (SSSR count). The molecular formula is C14H21N3O3S. The number of hydrogen-bond acceptors (Lipinski definition) is 3. The summed E-state index contributed by atoms with van der Waals surface area (Å²) in [6, 6.07) is 8.04. The zero-order valence-electron chi connectivity index (χ0n) is 12.1. The molecule has 2 N–H and O–H groups in total. The molecule has 1 fully saturated rings. The standard InChI is InChI=1S/C14H21N3O3S/c1-15-21(19,20)16-13(12-8-4-2-5-9-12)14(18)17-10-6-3-7-11-17/h2,4-5,8-9,13,15-16H,3,6-7,10-11H2,1H3. The maximum Gasteiger partial charge on any atom is 0.277 e. The molecule has 0 spiro atoms. The summed E-state index contributed by atoms with van der Waals surface area (Å²) < 4.78 is 28.2. The lowest BCUT2D eigenvalue weighted by atomic mass is 10.0. The number of nitrogens with one attached hydrogen (secondary N) is 2. The molecule has 1 amide bonds. The van der Waals surface area contributed by atoms with E-state index in [2.05, 4.69) is 9.44 Å². The summed E-state index contributed by atoms with van der Waals surface area (Å²) in [4.78, 5) is 14.4. The molecule has 116 valence electrons. The van der Waals surface area contributed by atoms with Gasteiger partial charge in [-0.05, 0) is 24.8 Å². The maximum atomic E-state index is 12.7. The van der Waals surface area contributed by atoms with Gasteiger partial charge < -0.3 is 4.90 Å². The summed E-state index contributed by atoms with van der Waals surface area (Å²) in [6.45, 7) is 1.37. The minimum Gasteiger partial charge on any atom is -0.341 e. The van der Waals surface area contributed by atoms with Crippen molar-refractivity contribution < 1.29 is 13.2 Å². The highest BCUT2D eigenvalue weighted by Gasteiger charge is 2.29. The van der Waals surface area contributed by atoms with Gasteiger partial charge in [0, 0.05) is 20.1 Å². The smallest absolute Gasteiger partial charge is 0.277 e. The number of benzene rings is 1. The van der Waals surface area contributed by atoms with Crippen LogP contribution in [0.25, 0.3) is 0 Å². The van der Waals surface area contributed by atoms with Crippen LogP contribution in [0, 0.1) is 0 Å². The average molecular weight is 311 g/mol. The number of hydrogen-bond donors (Lipinski definition) is 2. The van der Waals surface area contributed by atoms with E-state index in [0.717, 1.165) is 19.3 Å². The molecule has 0 aromatic heterocycles. The Morgan fingerprint density at radius 1 is 1.14 bits per heavy atom. The zero-order valence-corrected chi connectivity index (χ0v) is 12.9. The minimum absolute atomic E-state index is 0.195. The van der Waals surface area contributed by atoms with Crippen LogP contribution < -0.4 is 9.44 Å². The molecule has 1 aromatic carbocycles. The third-order valence-electron chi connectivity index (χ3n) is 3.59. The summed E-state index contributed by atoms with van der Waals surface area (Å²) >= 11 is 0. The molecule has 0 aliphatic carbocycles. The van der Waals surface area contributed by atoms with E-state index >= 15 is 0 Å². The Morgan fingerprint density at radius 2 is 1.76 bits per heavy atom. The number of rotatable bonds is 5. The number of piperidine rings is 1. The van der Waals surface area contributed by atoms with Crippen molar-refractivity contribution in [2.24, 2.45) is 0 Å². The predicted molar refractivity (Wildman–Crippen MR) is 80.7 cm³/mol. The first kappa shape index (κ1) is 15.9. The maximum absolute atomic E-state index is 12.7. The quantitative estimate of drug-likeness (QED) is 0.844. The summed E-state index contributed by atoms with van der Waals surface area (Å²) in [6.07, 6.45) is 3.04. The topological polar surface area (TPSA) is 78.5 Å². The Kier molecular flexibility index (Phi) is 5.33. The fourth-order valence-corrected chi connectivity index (χ4v) is 3.08. The van der Waals surface area contributed by atoms with E-state index in [4.69, 9.17) is 0 Å². The van der Waals surface area contributed by atoms with Gasteiger partial charge >= 0.3 is 0 Å². The van der Waals surface area contributed by atoms with Crippen molar-refractivity contribution in [3.05, 3.63) is 35.9 Å². The molecule has 1 aliphatic rings. The van der Waals surface area contributed by atoms with Crippen LogP contribution in [0.2, 0.25) is 0 Å². The van der Waals surface area contributed by atoms with Crippen LogP contribution in [0.4, 0.5) is 0 Å². The number of carbonyl (C=O) groups is 1. The first-order valence-electron chi connectivity index (χ1n) is 7.08. The van der Waals surface area contributed by atoms with Gasteiger partial charge in [0.25, 0.3) is 10.2 Å². The van der Waals surface area contributed by atoms with E-state index in [9.17, 15) is 13.2 Å². The van der Waals surface area contributed by atoms with Gasteiger partial charge in [0.1, 0.15) is 6.04 Å². The summed E-state index contributed by atoms with van der Waals surface area (Å²) in [5, 5.41) is 0. The van der Waals surface area contributed by atoms with Crippen molar-refractivity contribution in [2.75, 3.05) is 20.1 Å². The molecule has 0 saturated carbocycles. The van der Waals surface area contributed by atoms with E-state index in [1.165, 1.54) is 7.05 Å². The fourth-order valence-electron chi connectivity index (χ4n) is 2.42. The van der Waals surface area contributed by atoms with Crippen LogP contribution in [0.1, 0.15) is 30.9 Å². The normalized spacial score (nSPS) is 17.5. The first-order chi connectivity index (χ1) is 10.0. The molecule has 0 bridgehead atoms. The lowest BCUT2D eigenvalue weighted by Gasteiger charge is -2.30. The van der Waals surface area contributed by atoms with E-state index in [1.807, 2.05) is 6.07 Å². The van der Waals surface area contributed by atoms with Crippen LogP contribution in [-0.2, 0) is 15.0 Å². The Hall–Kier alpha value is -1.44. The first-order valence-corrected chi connectivity index (χ1v) is 8.56. The van der Waals surface area contributed by atoms with E-state index in [-0.39, 0.29) is 5.91 Å². The second kappa shape index (κ2) is 7.02. The summed E-state index contributed by atoms with van der Waals surface area (Å²) in [5.74, 6) is -0.195. The Morgan fingerprint density at radius 3 is 2.33 bits per heavy atom. The number of likely N-dealkylation sites (tertiary alicyclic amines) is 1. The van der Waals surface area contributed by atoms with Gasteiger partial charge in [0.15, 0.2) is 0 Å². The van der Waals surface area contributed by atoms with Crippen LogP contribution in [-0.4, -0.2) is 39.4 Å². The van der Waals surface area contributed by atoms with E-state index in [0.29, 0.717) is 18.7 Å². The second-order valence-electron chi connectivity index (χ2n) is 5.06. The Labute approximate surface area is 125 Å². The largest absolute Gasteiger partial charge is 0.341 e. The zero-order chi connectivity index (χ0) is 15.3. The van der Waals surface area contributed by atoms with Gasteiger partial charge in [-0.2, -0.15) is 13.1 Å². The van der Waals surface area contributed by atoms with Crippen LogP contribution >= 0.6 is 0 Å². The monoisotopic (exact) mass is 311 g/mol. The molecule has 1 aliphatic heterocycles. The molecule has 1 heterocycles. The summed E-state index contributed by atoms with van der Waals surface area (Å²) in [5.41, 5.74) is 0.645. The lowest BCUT2D eigenvalue weighted by molar-refractivity contribution is -0.134. The number of amides is 1. The third kappa shape index (κ3) is 4.26. The molecule has 7 heteroatoms. The predicted octanol–water partition coefficient (Wildman–Crippen LogP) is 0.794. The van der Waals surface area contributed by atoms with Gasteiger partial charge in [0.2, 0.25) is 5.91 Å². The van der Waals surface area contributed by atoms with Crippen molar-refractivity contribution in [3.63, 3.8) is 0 Å². The molecule has 6 nitrogen and oxygen atoms in total. The third-order valence-corrected chi connectivity index (χ3v) is 4.67. The van der Waals surface area contributed by atoms with E-state index < -0.39 is 16.3 Å². The van der Waals surface area contributed by atoms with Crippen molar-refractivity contribution in [2.45, 2.75) is 25.3 Å². The number of carbonyl (C=O) groups excluding carboxylic acids is 1. The van der Waals surface area contributed by atoms with Gasteiger partial charge in [-0.3, -0.25) is 4.79 Å². The molecule has 1 aromatic rings. The Balaban J connectivity index is 2.25. The van der Waals surface area contributed by atoms with Gasteiger partial charge in [0.05, 0.1) is 0 Å². The summed E-state index contributed by atoms with van der Waals surface area (Å²) in [7, 11) is -2.38. The van der Waals surface area contributed by atoms with Crippen molar-refractivity contribution >= 4 is 16.1 Å². The molecule has 1 saturated heterocycles. The van der Waals surface area contributed by atoms with Crippen molar-refractivity contribution in [1.82, 2.24) is 14.3 Å². The Bertz CT molecular complexity index is 568. The van der Waals surface area contributed by atoms with E-state index in [1.54, 1.807) is 29.2 Å². The van der Waals surface area contributed by atoms with Crippen LogP contribution in [0.3, 0.4) is 0 Å². The highest BCUT2D eigenvalue weighted by atomic mass is 32.2. The van der Waals surface area contributed by atoms with Gasteiger partial charge in [-0.25, -0.2) is 4.72 Å². The second-order valence-corrected chi connectivity index (χ2v) is 6.71. The van der Waals surface area contributed by atoms with Crippen LogP contribution in [0.5, 0.6) is 0 Å². The highest BCUT2D eigenvalue weighted by Crippen LogP contribution is 2.19. The highest BCUT2D eigenvalue weighted by molar-refractivity contribution is 7.87. The molecule has 1 unspecified atom stereocenters. The van der Waals surface area contributed by atoms with Gasteiger partial charge in [-0.15, -0.1) is 0 Å². The fraction of sp³-hybridized carbons (Fsp3) is 0.500. The number of nitrogens with zero attached hydrogens (tertiary/aromatic N) is 1.